The van der Waals surface area contributed by atoms with Gasteiger partial charge in [0, 0.05) is 17.0 Å². The fourth-order valence-corrected chi connectivity index (χ4v) is 4.18. The number of benzene rings is 5. The molecule has 0 saturated carbocycles. The van der Waals surface area contributed by atoms with E-state index in [1.54, 1.807) is 60.7 Å². The quantitative estimate of drug-likeness (QED) is 0.175. The third-order valence-electron chi connectivity index (χ3n) is 6.01. The number of hydrogen-bond donors (Lipinski definition) is 0. The maximum absolute atomic E-state index is 13.5. The summed E-state index contributed by atoms with van der Waals surface area (Å²) in [7, 11) is 0. The van der Waals surface area contributed by atoms with E-state index < -0.39 is 0 Å². The van der Waals surface area contributed by atoms with Gasteiger partial charge in [0.2, 0.25) is 0 Å². The first kappa shape index (κ1) is 23.2. The Kier molecular flexibility index (Phi) is 6.67. The van der Waals surface area contributed by atoms with Crippen molar-refractivity contribution in [2.24, 2.45) is 0 Å². The van der Waals surface area contributed by atoms with Crippen LogP contribution in [0.3, 0.4) is 0 Å². The highest BCUT2D eigenvalue weighted by molar-refractivity contribution is 6.08. The monoisotopic (exact) mass is 476 g/mol. The predicted molar refractivity (Wildman–Crippen MR) is 137 cm³/mol. The van der Waals surface area contributed by atoms with E-state index in [9.17, 15) is 13.6 Å². The first-order chi connectivity index (χ1) is 17.6. The largest absolute Gasteiger partial charge is 0.457 e. The van der Waals surface area contributed by atoms with Crippen molar-refractivity contribution in [2.45, 2.75) is 5.92 Å². The molecule has 0 aliphatic rings. The summed E-state index contributed by atoms with van der Waals surface area (Å²) in [5.41, 5.74) is 3.99. The third kappa shape index (κ3) is 5.23. The second kappa shape index (κ2) is 10.4. The fraction of sp³-hybridized carbons (Fsp3) is 0.0312. The molecule has 0 amide bonds. The van der Waals surface area contributed by atoms with Gasteiger partial charge in [-0.2, -0.15) is 0 Å². The van der Waals surface area contributed by atoms with Gasteiger partial charge in [0.05, 0.1) is 0 Å². The predicted octanol–water partition coefficient (Wildman–Crippen LogP) is 8.17. The zero-order chi connectivity index (χ0) is 24.9. The summed E-state index contributed by atoms with van der Waals surface area (Å²) in [6, 6.07) is 36.4. The van der Waals surface area contributed by atoms with Crippen LogP contribution in [0.15, 0.2) is 127 Å². The second-order valence-corrected chi connectivity index (χ2v) is 8.43. The summed E-state index contributed by atoms with van der Waals surface area (Å²) in [6.45, 7) is 0. The zero-order valence-electron chi connectivity index (χ0n) is 19.3. The van der Waals surface area contributed by atoms with Gasteiger partial charge in [0.25, 0.3) is 0 Å². The van der Waals surface area contributed by atoms with Gasteiger partial charge in [0.15, 0.2) is 5.78 Å². The van der Waals surface area contributed by atoms with Gasteiger partial charge >= 0.3 is 0 Å². The maximum atomic E-state index is 13.5. The minimum atomic E-state index is -0.308. The minimum Gasteiger partial charge on any atom is -0.457 e. The Hall–Kier alpha value is -4.57. The molecule has 176 valence electrons. The molecule has 0 heterocycles. The molecule has 4 heteroatoms. The SMILES string of the molecule is O=C(c1ccccc1)c1ccc(Oc2ccc(C(c3ccc(F)cc3)c3ccc(F)cc3)cc2)cc1. The van der Waals surface area contributed by atoms with E-state index in [0.29, 0.717) is 22.6 Å². The standard InChI is InChI=1S/C32H22F2O2/c33-27-14-6-22(7-15-27)31(23-8-16-28(34)17-9-23)24-10-18-29(19-11-24)36-30-20-12-26(13-21-30)32(35)25-4-2-1-3-5-25/h1-21,31H. The van der Waals surface area contributed by atoms with Crippen LogP contribution in [0.25, 0.3) is 0 Å². The van der Waals surface area contributed by atoms with Gasteiger partial charge in [-0.25, -0.2) is 8.78 Å². The molecule has 0 N–H and O–H groups in total. The van der Waals surface area contributed by atoms with Gasteiger partial charge in [-0.15, -0.1) is 0 Å². The average molecular weight is 477 g/mol. The molecule has 0 bridgehead atoms. The molecule has 0 aliphatic carbocycles. The Morgan fingerprint density at radius 1 is 0.500 bits per heavy atom. The number of halogens is 2. The number of ketones is 1. The molecule has 0 fully saturated rings. The van der Waals surface area contributed by atoms with Crippen molar-refractivity contribution < 1.29 is 18.3 Å². The first-order valence-electron chi connectivity index (χ1n) is 11.6. The van der Waals surface area contributed by atoms with Crippen LogP contribution in [0.4, 0.5) is 8.78 Å². The fourth-order valence-electron chi connectivity index (χ4n) is 4.18. The van der Waals surface area contributed by atoms with Crippen LogP contribution in [-0.2, 0) is 0 Å². The summed E-state index contributed by atoms with van der Waals surface area (Å²) in [5, 5.41) is 0. The summed E-state index contributed by atoms with van der Waals surface area (Å²) in [5.74, 6) is 0.398. The summed E-state index contributed by atoms with van der Waals surface area (Å²) < 4.78 is 33.1. The number of rotatable bonds is 7. The molecule has 36 heavy (non-hydrogen) atoms. The number of hydrogen-bond acceptors (Lipinski definition) is 2. The molecule has 0 aliphatic heterocycles. The third-order valence-corrected chi connectivity index (χ3v) is 6.01. The van der Waals surface area contributed by atoms with Gasteiger partial charge < -0.3 is 4.74 Å². The molecule has 0 unspecified atom stereocenters. The molecule has 0 aromatic heterocycles. The first-order valence-corrected chi connectivity index (χ1v) is 11.6. The molecule has 5 aromatic carbocycles. The number of carbonyl (C=O) groups excluding carboxylic acids is 1. The molecule has 0 atom stereocenters. The molecular formula is C32H22F2O2. The summed E-state index contributed by atoms with van der Waals surface area (Å²) >= 11 is 0. The minimum absolute atomic E-state index is 0.0425. The topological polar surface area (TPSA) is 26.3 Å². The highest BCUT2D eigenvalue weighted by Gasteiger charge is 2.17. The molecule has 5 rings (SSSR count). The van der Waals surface area contributed by atoms with E-state index >= 15 is 0 Å². The van der Waals surface area contributed by atoms with Crippen molar-refractivity contribution >= 4 is 5.78 Å². The molecular weight excluding hydrogens is 454 g/mol. The lowest BCUT2D eigenvalue weighted by atomic mass is 9.85. The van der Waals surface area contributed by atoms with Gasteiger partial charge in [-0.3, -0.25) is 4.79 Å². The highest BCUT2D eigenvalue weighted by atomic mass is 19.1. The van der Waals surface area contributed by atoms with Crippen molar-refractivity contribution in [2.75, 3.05) is 0 Å². The van der Waals surface area contributed by atoms with Crippen LogP contribution in [0, 0.1) is 11.6 Å². The number of ether oxygens (including phenoxy) is 1. The average Bonchev–Trinajstić information content (AvgIpc) is 2.92. The molecule has 5 aromatic rings. The summed E-state index contributed by atoms with van der Waals surface area (Å²) in [6.07, 6.45) is 0. The van der Waals surface area contributed by atoms with Crippen LogP contribution >= 0.6 is 0 Å². The smallest absolute Gasteiger partial charge is 0.193 e. The van der Waals surface area contributed by atoms with Crippen LogP contribution in [0.2, 0.25) is 0 Å². The zero-order valence-corrected chi connectivity index (χ0v) is 19.3. The molecule has 0 radical (unpaired) electrons. The van der Waals surface area contributed by atoms with Crippen LogP contribution in [-0.4, -0.2) is 5.78 Å². The van der Waals surface area contributed by atoms with Crippen LogP contribution in [0.1, 0.15) is 38.5 Å². The Balaban J connectivity index is 1.36. The lowest BCUT2D eigenvalue weighted by molar-refractivity contribution is 0.103. The Morgan fingerprint density at radius 2 is 0.889 bits per heavy atom. The van der Waals surface area contributed by atoms with Crippen molar-refractivity contribution in [3.63, 3.8) is 0 Å². The van der Waals surface area contributed by atoms with E-state index in [4.69, 9.17) is 4.74 Å². The highest BCUT2D eigenvalue weighted by Crippen LogP contribution is 2.34. The van der Waals surface area contributed by atoms with Gasteiger partial charge in [0.1, 0.15) is 23.1 Å². The van der Waals surface area contributed by atoms with Crippen molar-refractivity contribution in [3.05, 3.63) is 167 Å². The lowest BCUT2D eigenvalue weighted by Crippen LogP contribution is -2.04. The molecule has 2 nitrogen and oxygen atoms in total. The Morgan fingerprint density at radius 3 is 1.36 bits per heavy atom. The van der Waals surface area contributed by atoms with Gasteiger partial charge in [-0.1, -0.05) is 66.7 Å². The van der Waals surface area contributed by atoms with Crippen molar-refractivity contribution in [3.8, 4) is 11.5 Å². The van der Waals surface area contributed by atoms with E-state index in [1.807, 2.05) is 42.5 Å². The van der Waals surface area contributed by atoms with Crippen molar-refractivity contribution in [1.29, 1.82) is 0 Å². The Bertz CT molecular complexity index is 1400. The van der Waals surface area contributed by atoms with E-state index in [1.165, 1.54) is 24.3 Å². The number of carbonyl (C=O) groups is 1. The molecule has 0 saturated heterocycles. The lowest BCUT2D eigenvalue weighted by Gasteiger charge is -2.19. The van der Waals surface area contributed by atoms with Crippen LogP contribution in [0.5, 0.6) is 11.5 Å². The molecule has 0 spiro atoms. The van der Waals surface area contributed by atoms with Gasteiger partial charge in [-0.05, 0) is 77.4 Å². The normalized spacial score (nSPS) is 10.9. The van der Waals surface area contributed by atoms with Crippen molar-refractivity contribution in [1.82, 2.24) is 0 Å². The van der Waals surface area contributed by atoms with E-state index in [2.05, 4.69) is 0 Å². The van der Waals surface area contributed by atoms with E-state index in [0.717, 1.165) is 16.7 Å². The maximum Gasteiger partial charge on any atom is 0.193 e. The van der Waals surface area contributed by atoms with E-state index in [-0.39, 0.29) is 23.3 Å². The van der Waals surface area contributed by atoms with Crippen LogP contribution < -0.4 is 4.74 Å². The Labute approximate surface area is 208 Å². The second-order valence-electron chi connectivity index (χ2n) is 8.43. The summed E-state index contributed by atoms with van der Waals surface area (Å²) in [4.78, 5) is 12.6.